The van der Waals surface area contributed by atoms with Crippen molar-refractivity contribution in [1.29, 1.82) is 0 Å². The molecule has 25 heavy (non-hydrogen) atoms. The molecule has 134 valence electrons. The van der Waals surface area contributed by atoms with Gasteiger partial charge in [0, 0.05) is 25.7 Å². The Labute approximate surface area is 149 Å². The van der Waals surface area contributed by atoms with Crippen LogP contribution in [0.15, 0.2) is 24.4 Å². The summed E-state index contributed by atoms with van der Waals surface area (Å²) in [5, 5.41) is 3.25. The Kier molecular flexibility index (Phi) is 4.73. The van der Waals surface area contributed by atoms with E-state index in [1.165, 1.54) is 25.7 Å². The van der Waals surface area contributed by atoms with E-state index in [1.54, 1.807) is 6.20 Å². The predicted molar refractivity (Wildman–Crippen MR) is 94.5 cm³/mol. The molecule has 2 atom stereocenters. The van der Waals surface area contributed by atoms with Crippen LogP contribution < -0.4 is 5.32 Å². The molecular formula is C20H27N3O2. The molecule has 0 spiro atoms. The molecule has 2 amide bonds. The van der Waals surface area contributed by atoms with E-state index < -0.39 is 0 Å². The van der Waals surface area contributed by atoms with Crippen LogP contribution in [0.1, 0.15) is 56.7 Å². The minimum atomic E-state index is -0.209. The molecule has 3 aliphatic rings. The van der Waals surface area contributed by atoms with Gasteiger partial charge in [0.25, 0.3) is 0 Å². The van der Waals surface area contributed by atoms with Crippen LogP contribution in [-0.2, 0) is 9.59 Å². The van der Waals surface area contributed by atoms with Crippen LogP contribution in [0.5, 0.6) is 0 Å². The topological polar surface area (TPSA) is 62.3 Å². The molecule has 2 aliphatic carbocycles. The number of hydrogen-bond acceptors (Lipinski definition) is 3. The van der Waals surface area contributed by atoms with E-state index in [0.29, 0.717) is 24.8 Å². The second kappa shape index (κ2) is 7.14. The van der Waals surface area contributed by atoms with Gasteiger partial charge in [-0.3, -0.25) is 14.6 Å². The number of nitrogens with one attached hydrogen (secondary N) is 1. The molecule has 0 unspecified atom stereocenters. The zero-order valence-electron chi connectivity index (χ0n) is 14.7. The van der Waals surface area contributed by atoms with E-state index in [0.717, 1.165) is 25.1 Å². The van der Waals surface area contributed by atoms with E-state index in [-0.39, 0.29) is 23.8 Å². The summed E-state index contributed by atoms with van der Waals surface area (Å²) in [6, 6.07) is 5.86. The van der Waals surface area contributed by atoms with Gasteiger partial charge in [0.1, 0.15) is 0 Å². The Hall–Kier alpha value is -1.91. The molecule has 1 aromatic heterocycles. The molecule has 0 bridgehead atoms. The van der Waals surface area contributed by atoms with Crippen molar-refractivity contribution in [2.24, 2.45) is 17.8 Å². The molecular weight excluding hydrogens is 314 g/mol. The fourth-order valence-electron chi connectivity index (χ4n) is 4.29. The minimum absolute atomic E-state index is 0.0224. The SMILES string of the molecule is O=C(N[C@@H](c1ccccn1)C1CCCC1)[C@H]1CC(=O)N(CC2CC2)C1. The molecule has 0 radical (unpaired) electrons. The molecule has 2 saturated carbocycles. The molecule has 0 aromatic carbocycles. The lowest BCUT2D eigenvalue weighted by atomic mass is 9.94. The van der Waals surface area contributed by atoms with Crippen molar-refractivity contribution in [3.8, 4) is 0 Å². The number of nitrogens with zero attached hydrogens (tertiary/aromatic N) is 2. The van der Waals surface area contributed by atoms with E-state index >= 15 is 0 Å². The van der Waals surface area contributed by atoms with E-state index in [4.69, 9.17) is 0 Å². The van der Waals surface area contributed by atoms with Crippen molar-refractivity contribution in [3.63, 3.8) is 0 Å². The maximum atomic E-state index is 12.9. The van der Waals surface area contributed by atoms with Gasteiger partial charge in [0.15, 0.2) is 0 Å². The average Bonchev–Trinajstić information content (AvgIpc) is 3.13. The minimum Gasteiger partial charge on any atom is -0.347 e. The third-order valence-corrected chi connectivity index (χ3v) is 5.94. The first-order valence-electron chi connectivity index (χ1n) is 9.70. The third-order valence-electron chi connectivity index (χ3n) is 5.94. The summed E-state index contributed by atoms with van der Waals surface area (Å²) in [4.78, 5) is 31.4. The summed E-state index contributed by atoms with van der Waals surface area (Å²) >= 11 is 0. The largest absolute Gasteiger partial charge is 0.347 e. The summed E-state index contributed by atoms with van der Waals surface area (Å²) in [6.45, 7) is 1.43. The van der Waals surface area contributed by atoms with Crippen molar-refractivity contribution in [1.82, 2.24) is 15.2 Å². The maximum Gasteiger partial charge on any atom is 0.225 e. The molecule has 1 N–H and O–H groups in total. The zero-order chi connectivity index (χ0) is 17.2. The Morgan fingerprint density at radius 1 is 1.24 bits per heavy atom. The third kappa shape index (κ3) is 3.86. The highest BCUT2D eigenvalue weighted by molar-refractivity contribution is 5.89. The quantitative estimate of drug-likeness (QED) is 0.865. The molecule has 1 aliphatic heterocycles. The van der Waals surface area contributed by atoms with Gasteiger partial charge in [-0.05, 0) is 49.7 Å². The van der Waals surface area contributed by atoms with Crippen molar-refractivity contribution in [3.05, 3.63) is 30.1 Å². The van der Waals surface area contributed by atoms with Gasteiger partial charge >= 0.3 is 0 Å². The predicted octanol–water partition coefficient (Wildman–Crippen LogP) is 2.69. The lowest BCUT2D eigenvalue weighted by Gasteiger charge is -2.25. The molecule has 3 fully saturated rings. The van der Waals surface area contributed by atoms with Gasteiger partial charge in [-0.2, -0.15) is 0 Å². The van der Waals surface area contributed by atoms with Crippen LogP contribution in [0.2, 0.25) is 0 Å². The maximum absolute atomic E-state index is 12.9. The fraction of sp³-hybridized carbons (Fsp3) is 0.650. The van der Waals surface area contributed by atoms with Crippen LogP contribution >= 0.6 is 0 Å². The Morgan fingerprint density at radius 3 is 2.72 bits per heavy atom. The van der Waals surface area contributed by atoms with Crippen LogP contribution in [-0.4, -0.2) is 34.8 Å². The van der Waals surface area contributed by atoms with Crippen LogP contribution in [0, 0.1) is 17.8 Å². The van der Waals surface area contributed by atoms with Crippen molar-refractivity contribution >= 4 is 11.8 Å². The first-order valence-corrected chi connectivity index (χ1v) is 9.70. The zero-order valence-corrected chi connectivity index (χ0v) is 14.7. The Morgan fingerprint density at radius 2 is 2.04 bits per heavy atom. The highest BCUT2D eigenvalue weighted by Crippen LogP contribution is 2.36. The van der Waals surface area contributed by atoms with Crippen LogP contribution in [0.25, 0.3) is 0 Å². The molecule has 5 nitrogen and oxygen atoms in total. The lowest BCUT2D eigenvalue weighted by Crippen LogP contribution is -2.38. The van der Waals surface area contributed by atoms with Gasteiger partial charge in [-0.25, -0.2) is 0 Å². The van der Waals surface area contributed by atoms with Crippen molar-refractivity contribution in [2.75, 3.05) is 13.1 Å². The normalized spacial score (nSPS) is 25.4. The molecule has 2 heterocycles. The smallest absolute Gasteiger partial charge is 0.225 e. The lowest BCUT2D eigenvalue weighted by molar-refractivity contribution is -0.129. The number of hydrogen-bond donors (Lipinski definition) is 1. The first-order chi connectivity index (χ1) is 12.2. The number of rotatable bonds is 6. The second-order valence-electron chi connectivity index (χ2n) is 7.93. The van der Waals surface area contributed by atoms with Crippen LogP contribution in [0.4, 0.5) is 0 Å². The number of likely N-dealkylation sites (tertiary alicyclic amines) is 1. The Balaban J connectivity index is 1.42. The van der Waals surface area contributed by atoms with Gasteiger partial charge in [-0.15, -0.1) is 0 Å². The average molecular weight is 341 g/mol. The summed E-state index contributed by atoms with van der Waals surface area (Å²) in [5.41, 5.74) is 0.946. The number of carbonyl (C=O) groups excluding carboxylic acids is 2. The van der Waals surface area contributed by atoms with Gasteiger partial charge in [0.05, 0.1) is 17.7 Å². The standard InChI is InChI=1S/C20H27N3O2/c24-18-11-16(13-23(18)12-14-8-9-14)20(25)22-19(15-5-1-2-6-15)17-7-3-4-10-21-17/h3-4,7,10,14-16,19H,1-2,5-6,8-9,11-13H2,(H,22,25)/t16-,19+/m0/s1. The van der Waals surface area contributed by atoms with Crippen LogP contribution in [0.3, 0.4) is 0 Å². The molecule has 4 rings (SSSR count). The van der Waals surface area contributed by atoms with E-state index in [1.807, 2.05) is 23.1 Å². The fourth-order valence-corrected chi connectivity index (χ4v) is 4.29. The number of pyridine rings is 1. The summed E-state index contributed by atoms with van der Waals surface area (Å²) in [6.07, 6.45) is 9.33. The van der Waals surface area contributed by atoms with Gasteiger partial charge in [0.2, 0.25) is 11.8 Å². The number of carbonyl (C=O) groups is 2. The molecule has 1 saturated heterocycles. The summed E-state index contributed by atoms with van der Waals surface area (Å²) < 4.78 is 0. The van der Waals surface area contributed by atoms with Crippen molar-refractivity contribution in [2.45, 2.75) is 51.0 Å². The van der Waals surface area contributed by atoms with Gasteiger partial charge < -0.3 is 10.2 Å². The van der Waals surface area contributed by atoms with Gasteiger partial charge in [-0.1, -0.05) is 18.9 Å². The number of amides is 2. The monoisotopic (exact) mass is 341 g/mol. The second-order valence-corrected chi connectivity index (χ2v) is 7.93. The highest BCUT2D eigenvalue weighted by Gasteiger charge is 2.38. The van der Waals surface area contributed by atoms with E-state index in [2.05, 4.69) is 10.3 Å². The molecule has 1 aromatic rings. The number of aromatic nitrogens is 1. The molecule has 5 heteroatoms. The Bertz CT molecular complexity index is 623. The first kappa shape index (κ1) is 16.6. The van der Waals surface area contributed by atoms with E-state index in [9.17, 15) is 9.59 Å². The van der Waals surface area contributed by atoms with Crippen molar-refractivity contribution < 1.29 is 9.59 Å². The summed E-state index contributed by atoms with van der Waals surface area (Å²) in [7, 11) is 0. The highest BCUT2D eigenvalue weighted by atomic mass is 16.2. The summed E-state index contributed by atoms with van der Waals surface area (Å²) in [5.74, 6) is 1.08.